The summed E-state index contributed by atoms with van der Waals surface area (Å²) in [7, 11) is 1.68. The minimum Gasteiger partial charge on any atom is -0.497 e. The third-order valence-electron chi connectivity index (χ3n) is 4.12. The van der Waals surface area contributed by atoms with E-state index in [2.05, 4.69) is 27.5 Å². The predicted octanol–water partition coefficient (Wildman–Crippen LogP) is 1.88. The van der Waals surface area contributed by atoms with E-state index >= 15 is 0 Å². The molecule has 1 aliphatic rings. The minimum absolute atomic E-state index is 0.727. The number of benzene rings is 1. The highest BCUT2D eigenvalue weighted by Crippen LogP contribution is 2.18. The highest BCUT2D eigenvalue weighted by Gasteiger charge is 2.16. The molecule has 5 heteroatoms. The molecule has 1 aliphatic heterocycles. The zero-order valence-corrected chi connectivity index (χ0v) is 12.5. The molecule has 0 bridgehead atoms. The fourth-order valence-electron chi connectivity index (χ4n) is 2.83. The Morgan fingerprint density at radius 1 is 1.24 bits per heavy atom. The van der Waals surface area contributed by atoms with Gasteiger partial charge in [0.2, 0.25) is 0 Å². The smallest absolute Gasteiger partial charge is 0.138 e. The molecule has 2 heterocycles. The first kappa shape index (κ1) is 14.1. The van der Waals surface area contributed by atoms with E-state index in [0.29, 0.717) is 0 Å². The van der Waals surface area contributed by atoms with Crippen molar-refractivity contribution in [1.82, 2.24) is 20.1 Å². The van der Waals surface area contributed by atoms with Gasteiger partial charge >= 0.3 is 0 Å². The second kappa shape index (κ2) is 6.72. The first-order chi connectivity index (χ1) is 10.3. The molecule has 2 aromatic rings. The molecule has 3 rings (SSSR count). The Kier molecular flexibility index (Phi) is 4.50. The normalized spacial score (nSPS) is 16.0. The van der Waals surface area contributed by atoms with Crippen molar-refractivity contribution in [2.75, 3.05) is 20.2 Å². The van der Waals surface area contributed by atoms with Gasteiger partial charge in [-0.3, -0.25) is 0 Å². The Hall–Kier alpha value is -1.88. The highest BCUT2D eigenvalue weighted by molar-refractivity contribution is 5.27. The SMILES string of the molecule is COc1ccc(Cn2ncnc2CC2CCNCC2)cc1. The van der Waals surface area contributed by atoms with E-state index in [0.717, 1.165) is 43.5 Å². The number of nitrogens with zero attached hydrogens (tertiary/aromatic N) is 3. The molecule has 0 saturated carbocycles. The van der Waals surface area contributed by atoms with Gasteiger partial charge in [-0.25, -0.2) is 9.67 Å². The number of hydrogen-bond acceptors (Lipinski definition) is 4. The average Bonchev–Trinajstić information content (AvgIpc) is 2.96. The zero-order valence-electron chi connectivity index (χ0n) is 12.5. The first-order valence-electron chi connectivity index (χ1n) is 7.55. The predicted molar refractivity (Wildman–Crippen MR) is 81.4 cm³/mol. The van der Waals surface area contributed by atoms with E-state index in [9.17, 15) is 0 Å². The van der Waals surface area contributed by atoms with Crippen molar-refractivity contribution in [1.29, 1.82) is 0 Å². The Balaban J connectivity index is 1.66. The van der Waals surface area contributed by atoms with Gasteiger partial charge in [-0.1, -0.05) is 12.1 Å². The zero-order chi connectivity index (χ0) is 14.5. The lowest BCUT2D eigenvalue weighted by molar-refractivity contribution is 0.362. The molecule has 1 N–H and O–H groups in total. The van der Waals surface area contributed by atoms with Crippen LogP contribution >= 0.6 is 0 Å². The number of piperidine rings is 1. The lowest BCUT2D eigenvalue weighted by Crippen LogP contribution is -2.29. The van der Waals surface area contributed by atoms with Crippen LogP contribution in [0.4, 0.5) is 0 Å². The average molecular weight is 286 g/mol. The summed E-state index contributed by atoms with van der Waals surface area (Å²) in [5.41, 5.74) is 1.22. The van der Waals surface area contributed by atoms with Crippen molar-refractivity contribution >= 4 is 0 Å². The van der Waals surface area contributed by atoms with Gasteiger partial charge in [0.05, 0.1) is 13.7 Å². The summed E-state index contributed by atoms with van der Waals surface area (Å²) in [4.78, 5) is 4.45. The Morgan fingerprint density at radius 2 is 2.00 bits per heavy atom. The van der Waals surface area contributed by atoms with Crippen molar-refractivity contribution in [3.05, 3.63) is 42.0 Å². The molecule has 112 valence electrons. The van der Waals surface area contributed by atoms with E-state index < -0.39 is 0 Å². The molecular weight excluding hydrogens is 264 g/mol. The highest BCUT2D eigenvalue weighted by atomic mass is 16.5. The topological polar surface area (TPSA) is 52.0 Å². The van der Waals surface area contributed by atoms with Crippen LogP contribution in [-0.2, 0) is 13.0 Å². The van der Waals surface area contributed by atoms with Crippen LogP contribution in [0.5, 0.6) is 5.75 Å². The number of aromatic nitrogens is 3. The molecular formula is C16H22N4O. The van der Waals surface area contributed by atoms with Gasteiger partial charge in [0, 0.05) is 6.42 Å². The van der Waals surface area contributed by atoms with Gasteiger partial charge in [-0.2, -0.15) is 5.10 Å². The fourth-order valence-corrected chi connectivity index (χ4v) is 2.83. The monoisotopic (exact) mass is 286 g/mol. The third-order valence-corrected chi connectivity index (χ3v) is 4.12. The van der Waals surface area contributed by atoms with Gasteiger partial charge in [0.15, 0.2) is 0 Å². The van der Waals surface area contributed by atoms with Crippen LogP contribution in [0, 0.1) is 5.92 Å². The maximum atomic E-state index is 5.19. The second-order valence-corrected chi connectivity index (χ2v) is 5.58. The molecule has 0 aliphatic carbocycles. The van der Waals surface area contributed by atoms with Crippen molar-refractivity contribution in [2.24, 2.45) is 5.92 Å². The molecule has 0 spiro atoms. The summed E-state index contributed by atoms with van der Waals surface area (Å²) in [6, 6.07) is 8.13. The third kappa shape index (κ3) is 3.61. The molecule has 0 atom stereocenters. The van der Waals surface area contributed by atoms with Crippen LogP contribution in [0.3, 0.4) is 0 Å². The number of nitrogens with one attached hydrogen (secondary N) is 1. The maximum Gasteiger partial charge on any atom is 0.138 e. The van der Waals surface area contributed by atoms with Gasteiger partial charge in [0.25, 0.3) is 0 Å². The van der Waals surface area contributed by atoms with E-state index in [4.69, 9.17) is 4.74 Å². The summed E-state index contributed by atoms with van der Waals surface area (Å²) < 4.78 is 7.21. The number of rotatable bonds is 5. The van der Waals surface area contributed by atoms with Gasteiger partial charge in [-0.05, 0) is 49.5 Å². The van der Waals surface area contributed by atoms with Crippen molar-refractivity contribution in [2.45, 2.75) is 25.8 Å². The Labute approximate surface area is 125 Å². The standard InChI is InChI=1S/C16H22N4O/c1-21-15-4-2-14(3-5-15)11-20-16(18-12-19-20)10-13-6-8-17-9-7-13/h2-5,12-13,17H,6-11H2,1H3. The van der Waals surface area contributed by atoms with Gasteiger partial charge < -0.3 is 10.1 Å². The molecule has 0 unspecified atom stereocenters. The number of methoxy groups -OCH3 is 1. The van der Waals surface area contributed by atoms with Crippen LogP contribution in [0.15, 0.2) is 30.6 Å². The van der Waals surface area contributed by atoms with Gasteiger partial charge in [-0.15, -0.1) is 0 Å². The minimum atomic E-state index is 0.727. The number of ether oxygens (including phenoxy) is 1. The van der Waals surface area contributed by atoms with Crippen LogP contribution in [-0.4, -0.2) is 35.0 Å². The van der Waals surface area contributed by atoms with Crippen molar-refractivity contribution < 1.29 is 4.74 Å². The molecule has 1 fully saturated rings. The molecule has 1 aromatic heterocycles. The second-order valence-electron chi connectivity index (χ2n) is 5.58. The number of hydrogen-bond donors (Lipinski definition) is 1. The Bertz CT molecular complexity index is 558. The fraction of sp³-hybridized carbons (Fsp3) is 0.500. The summed E-state index contributed by atoms with van der Waals surface area (Å²) in [5, 5.41) is 7.78. The largest absolute Gasteiger partial charge is 0.497 e. The van der Waals surface area contributed by atoms with E-state index in [-0.39, 0.29) is 0 Å². The molecule has 21 heavy (non-hydrogen) atoms. The maximum absolute atomic E-state index is 5.19. The van der Waals surface area contributed by atoms with Crippen LogP contribution < -0.4 is 10.1 Å². The first-order valence-corrected chi connectivity index (χ1v) is 7.55. The summed E-state index contributed by atoms with van der Waals surface area (Å²) in [5.74, 6) is 2.70. The molecule has 1 aromatic carbocycles. The quantitative estimate of drug-likeness (QED) is 0.912. The lowest BCUT2D eigenvalue weighted by atomic mass is 9.94. The molecule has 0 radical (unpaired) electrons. The van der Waals surface area contributed by atoms with E-state index in [1.165, 1.54) is 18.4 Å². The van der Waals surface area contributed by atoms with Crippen molar-refractivity contribution in [3.63, 3.8) is 0 Å². The van der Waals surface area contributed by atoms with Crippen molar-refractivity contribution in [3.8, 4) is 5.75 Å². The van der Waals surface area contributed by atoms with Gasteiger partial charge in [0.1, 0.15) is 17.9 Å². The lowest BCUT2D eigenvalue weighted by Gasteiger charge is -2.22. The molecule has 5 nitrogen and oxygen atoms in total. The van der Waals surface area contributed by atoms with Crippen LogP contribution in [0.25, 0.3) is 0 Å². The summed E-state index contributed by atoms with van der Waals surface area (Å²) in [6.07, 6.45) is 5.16. The molecule has 0 amide bonds. The molecule has 1 saturated heterocycles. The van der Waals surface area contributed by atoms with Crippen LogP contribution in [0.2, 0.25) is 0 Å². The summed E-state index contributed by atoms with van der Waals surface area (Å²) in [6.45, 7) is 3.01. The van der Waals surface area contributed by atoms with Crippen LogP contribution in [0.1, 0.15) is 24.2 Å². The summed E-state index contributed by atoms with van der Waals surface area (Å²) >= 11 is 0. The van der Waals surface area contributed by atoms with E-state index in [1.807, 2.05) is 16.8 Å². The Morgan fingerprint density at radius 3 is 2.71 bits per heavy atom. The van der Waals surface area contributed by atoms with E-state index in [1.54, 1.807) is 13.4 Å².